The van der Waals surface area contributed by atoms with E-state index in [9.17, 15) is 0 Å². The molecular formula is C10H5BrCl2. The van der Waals surface area contributed by atoms with Crippen molar-refractivity contribution in [3.8, 4) is 0 Å². The van der Waals surface area contributed by atoms with E-state index in [1.165, 1.54) is 0 Å². The predicted molar refractivity (Wildman–Crippen MR) is 61.7 cm³/mol. The lowest BCUT2D eigenvalue weighted by molar-refractivity contribution is 1.70. The summed E-state index contributed by atoms with van der Waals surface area (Å²) in [6.45, 7) is 0. The van der Waals surface area contributed by atoms with E-state index in [-0.39, 0.29) is 0 Å². The predicted octanol–water partition coefficient (Wildman–Crippen LogP) is 4.91. The van der Waals surface area contributed by atoms with Crippen molar-refractivity contribution < 1.29 is 0 Å². The first kappa shape index (κ1) is 9.32. The van der Waals surface area contributed by atoms with Crippen molar-refractivity contribution in [3.05, 3.63) is 44.8 Å². The summed E-state index contributed by atoms with van der Waals surface area (Å²) in [6.07, 6.45) is 0. The molecule has 0 unspecified atom stereocenters. The Morgan fingerprint density at radius 2 is 1.77 bits per heavy atom. The van der Waals surface area contributed by atoms with Crippen LogP contribution in [-0.4, -0.2) is 0 Å². The Morgan fingerprint density at radius 1 is 1.00 bits per heavy atom. The van der Waals surface area contributed by atoms with E-state index in [4.69, 9.17) is 23.2 Å². The zero-order valence-electron chi connectivity index (χ0n) is 6.52. The third-order valence-electron chi connectivity index (χ3n) is 1.87. The molecule has 0 aliphatic rings. The minimum Gasteiger partial charge on any atom is -0.0837 e. The van der Waals surface area contributed by atoms with Crippen molar-refractivity contribution in [2.45, 2.75) is 0 Å². The molecule has 0 saturated heterocycles. The number of rotatable bonds is 0. The van der Waals surface area contributed by atoms with Gasteiger partial charge in [0, 0.05) is 14.9 Å². The normalized spacial score (nSPS) is 10.7. The summed E-state index contributed by atoms with van der Waals surface area (Å²) in [5.74, 6) is 0. The zero-order chi connectivity index (χ0) is 9.42. The molecule has 0 aliphatic heterocycles. The highest BCUT2D eigenvalue weighted by atomic mass is 79.9. The molecule has 66 valence electrons. The van der Waals surface area contributed by atoms with Crippen LogP contribution in [0, 0.1) is 0 Å². The molecule has 0 N–H and O–H groups in total. The number of fused-ring (bicyclic) bond motifs is 1. The van der Waals surface area contributed by atoms with Crippen LogP contribution in [0.2, 0.25) is 10.0 Å². The fourth-order valence-corrected chi connectivity index (χ4v) is 1.99. The molecule has 0 aromatic heterocycles. The van der Waals surface area contributed by atoms with Crippen molar-refractivity contribution in [1.82, 2.24) is 0 Å². The Labute approximate surface area is 94.6 Å². The minimum atomic E-state index is 0.681. The third-order valence-corrected chi connectivity index (χ3v) is 3.39. The molecule has 2 aromatic carbocycles. The van der Waals surface area contributed by atoms with Gasteiger partial charge in [-0.1, -0.05) is 35.3 Å². The Hall–Kier alpha value is -0.240. The van der Waals surface area contributed by atoms with E-state index in [0.29, 0.717) is 5.02 Å². The van der Waals surface area contributed by atoms with Crippen LogP contribution in [0.3, 0.4) is 0 Å². The van der Waals surface area contributed by atoms with E-state index in [2.05, 4.69) is 15.9 Å². The monoisotopic (exact) mass is 274 g/mol. The fourth-order valence-electron chi connectivity index (χ4n) is 1.23. The molecule has 0 heterocycles. The van der Waals surface area contributed by atoms with Gasteiger partial charge in [0.1, 0.15) is 0 Å². The molecule has 3 heteroatoms. The lowest BCUT2D eigenvalue weighted by Gasteiger charge is -2.02. The molecule has 0 saturated carbocycles. The van der Waals surface area contributed by atoms with Crippen LogP contribution in [-0.2, 0) is 0 Å². The van der Waals surface area contributed by atoms with Crippen molar-refractivity contribution in [1.29, 1.82) is 0 Å². The van der Waals surface area contributed by atoms with Gasteiger partial charge >= 0.3 is 0 Å². The van der Waals surface area contributed by atoms with Gasteiger partial charge in [-0.05, 0) is 39.5 Å². The summed E-state index contributed by atoms with van der Waals surface area (Å²) >= 11 is 15.3. The minimum absolute atomic E-state index is 0.681. The smallest absolute Gasteiger partial charge is 0.0554 e. The second kappa shape index (κ2) is 3.49. The first-order valence-corrected chi connectivity index (χ1v) is 5.26. The highest BCUT2D eigenvalue weighted by molar-refractivity contribution is 9.10. The molecule has 2 aromatic rings. The largest absolute Gasteiger partial charge is 0.0837 e. The van der Waals surface area contributed by atoms with Crippen LogP contribution < -0.4 is 0 Å². The first-order valence-electron chi connectivity index (χ1n) is 3.72. The SMILES string of the molecule is Clc1cc2c(Cl)cccc2cc1Br. The Morgan fingerprint density at radius 3 is 2.54 bits per heavy atom. The number of hydrogen-bond acceptors (Lipinski definition) is 0. The summed E-state index contributed by atoms with van der Waals surface area (Å²) < 4.78 is 0.893. The van der Waals surface area contributed by atoms with Gasteiger partial charge in [0.2, 0.25) is 0 Å². The van der Waals surface area contributed by atoms with Gasteiger partial charge in [0.15, 0.2) is 0 Å². The van der Waals surface area contributed by atoms with Gasteiger partial charge < -0.3 is 0 Å². The quantitative estimate of drug-likeness (QED) is 0.641. The zero-order valence-corrected chi connectivity index (χ0v) is 9.62. The molecule has 0 aliphatic carbocycles. The lowest BCUT2D eigenvalue weighted by atomic mass is 10.1. The van der Waals surface area contributed by atoms with Gasteiger partial charge in [-0.2, -0.15) is 0 Å². The average Bonchev–Trinajstić information content (AvgIpc) is 2.09. The first-order chi connectivity index (χ1) is 6.18. The van der Waals surface area contributed by atoms with Crippen LogP contribution in [0.4, 0.5) is 0 Å². The molecule has 0 nitrogen and oxygen atoms in total. The molecule has 13 heavy (non-hydrogen) atoms. The highest BCUT2D eigenvalue weighted by Crippen LogP contribution is 2.31. The van der Waals surface area contributed by atoms with Crippen LogP contribution in [0.15, 0.2) is 34.8 Å². The van der Waals surface area contributed by atoms with Crippen LogP contribution in [0.5, 0.6) is 0 Å². The summed E-state index contributed by atoms with van der Waals surface area (Å²) in [5.41, 5.74) is 0. The molecule has 0 atom stereocenters. The summed E-state index contributed by atoms with van der Waals surface area (Å²) in [6, 6.07) is 9.61. The fraction of sp³-hybridized carbons (Fsp3) is 0. The average molecular weight is 276 g/mol. The van der Waals surface area contributed by atoms with Gasteiger partial charge in [-0.15, -0.1) is 0 Å². The molecule has 0 amide bonds. The Balaban J connectivity index is 2.89. The maximum Gasteiger partial charge on any atom is 0.0554 e. The van der Waals surface area contributed by atoms with E-state index >= 15 is 0 Å². The van der Waals surface area contributed by atoms with Gasteiger partial charge in [0.05, 0.1) is 5.02 Å². The highest BCUT2D eigenvalue weighted by Gasteiger charge is 2.02. The van der Waals surface area contributed by atoms with E-state index < -0.39 is 0 Å². The third kappa shape index (κ3) is 1.69. The molecule has 0 bridgehead atoms. The molecule has 0 radical (unpaired) electrons. The number of hydrogen-bond donors (Lipinski definition) is 0. The molecular weight excluding hydrogens is 271 g/mol. The van der Waals surface area contributed by atoms with Crippen molar-refractivity contribution in [2.75, 3.05) is 0 Å². The van der Waals surface area contributed by atoms with Gasteiger partial charge in [0.25, 0.3) is 0 Å². The van der Waals surface area contributed by atoms with Crippen molar-refractivity contribution in [3.63, 3.8) is 0 Å². The van der Waals surface area contributed by atoms with Crippen LogP contribution in [0.1, 0.15) is 0 Å². The summed E-state index contributed by atoms with van der Waals surface area (Å²) in [4.78, 5) is 0. The van der Waals surface area contributed by atoms with Crippen LogP contribution in [0.25, 0.3) is 10.8 Å². The Kier molecular flexibility index (Phi) is 2.50. The van der Waals surface area contributed by atoms with Gasteiger partial charge in [-0.25, -0.2) is 0 Å². The maximum atomic E-state index is 6.01. The van der Waals surface area contributed by atoms with E-state index in [0.717, 1.165) is 20.3 Å². The van der Waals surface area contributed by atoms with Crippen molar-refractivity contribution >= 4 is 49.9 Å². The standard InChI is InChI=1S/C10H5BrCl2/c11-8-4-6-2-1-3-9(12)7(6)5-10(8)13/h1-5H. The number of halogens is 3. The summed E-state index contributed by atoms with van der Waals surface area (Å²) in [5, 5.41) is 3.48. The van der Waals surface area contributed by atoms with Gasteiger partial charge in [-0.3, -0.25) is 0 Å². The van der Waals surface area contributed by atoms with Crippen LogP contribution >= 0.6 is 39.1 Å². The topological polar surface area (TPSA) is 0 Å². The van der Waals surface area contributed by atoms with Crippen molar-refractivity contribution in [2.24, 2.45) is 0 Å². The molecule has 2 rings (SSSR count). The van der Waals surface area contributed by atoms with E-state index in [1.54, 1.807) is 0 Å². The number of benzene rings is 2. The molecule has 0 fully saturated rings. The second-order valence-corrected chi connectivity index (χ2v) is 4.40. The maximum absolute atomic E-state index is 6.01. The lowest BCUT2D eigenvalue weighted by Crippen LogP contribution is -1.75. The van der Waals surface area contributed by atoms with E-state index in [1.807, 2.05) is 30.3 Å². The second-order valence-electron chi connectivity index (χ2n) is 2.73. The molecule has 0 spiro atoms. The Bertz CT molecular complexity index is 466. The summed E-state index contributed by atoms with van der Waals surface area (Å²) in [7, 11) is 0.